The Morgan fingerprint density at radius 1 is 0.667 bits per heavy atom. The molecule has 0 aliphatic carbocycles. The molecular formula is C39H72NO10P. The third kappa shape index (κ3) is 33.7. The summed E-state index contributed by atoms with van der Waals surface area (Å²) in [4.78, 5) is 34.7. The Labute approximate surface area is 309 Å². The molecule has 5 N–H and O–H groups in total. The van der Waals surface area contributed by atoms with Crippen molar-refractivity contribution >= 4 is 19.8 Å². The number of hydrogen-bond acceptors (Lipinski definition) is 10. The van der Waals surface area contributed by atoms with Crippen molar-refractivity contribution < 1.29 is 47.8 Å². The quantitative estimate of drug-likeness (QED) is 0.0209. The summed E-state index contributed by atoms with van der Waals surface area (Å²) in [6, 6.07) is 0. The monoisotopic (exact) mass is 745 g/mol. The van der Waals surface area contributed by atoms with E-state index >= 15 is 0 Å². The molecule has 12 heteroatoms. The Bertz CT molecular complexity index is 974. The lowest BCUT2D eigenvalue weighted by molar-refractivity contribution is -0.161. The minimum absolute atomic E-state index is 0.0144. The third-order valence-corrected chi connectivity index (χ3v) is 9.21. The van der Waals surface area contributed by atoms with Gasteiger partial charge in [-0.15, -0.1) is 0 Å². The number of hydrogen-bond donors (Lipinski definition) is 4. The Morgan fingerprint density at radius 3 is 1.84 bits per heavy atom. The van der Waals surface area contributed by atoms with Crippen LogP contribution in [0.5, 0.6) is 0 Å². The molecule has 0 aromatic carbocycles. The molecule has 3 unspecified atom stereocenters. The predicted molar refractivity (Wildman–Crippen MR) is 204 cm³/mol. The third-order valence-electron chi connectivity index (χ3n) is 8.23. The van der Waals surface area contributed by atoms with Crippen molar-refractivity contribution in [2.45, 2.75) is 173 Å². The number of unbranched alkanes of at least 4 members (excludes halogenated alkanes) is 13. The van der Waals surface area contributed by atoms with Crippen LogP contribution < -0.4 is 5.73 Å². The molecule has 0 saturated heterocycles. The maximum Gasteiger partial charge on any atom is 0.472 e. The summed E-state index contributed by atoms with van der Waals surface area (Å²) < 4.78 is 32.4. The lowest BCUT2D eigenvalue weighted by Crippen LogP contribution is -2.30. The molecule has 0 heterocycles. The van der Waals surface area contributed by atoms with Gasteiger partial charge in [-0.2, -0.15) is 0 Å². The lowest BCUT2D eigenvalue weighted by atomic mass is 10.0. The molecule has 0 fully saturated rings. The molecule has 0 spiro atoms. The van der Waals surface area contributed by atoms with E-state index in [1.807, 2.05) is 12.2 Å². The summed E-state index contributed by atoms with van der Waals surface area (Å²) in [5.41, 5.74) is 5.31. The first-order chi connectivity index (χ1) is 24.6. The fraction of sp³-hybridized carbons (Fsp3) is 0.795. The van der Waals surface area contributed by atoms with Gasteiger partial charge in [-0.1, -0.05) is 127 Å². The standard InChI is InChI=1S/C39H72NO10P/c1-3-5-7-9-11-13-15-17-18-20-22-24-27-36(41)37(42)28-26-30-38(43)47-33-35(34-49-51(45,46)48-32-31-40)50-39(44)29-25-23-21-19-16-14-12-10-8-6-4-2/h11,13,17-18,22,24,35-37,41-42H,3-10,12,14-16,19-21,23,25-34,40H2,1-2H3,(H,45,46)/b13-11-,18-17-,24-22-/t35-,36?,37?/m1/s1. The fourth-order valence-electron chi connectivity index (χ4n) is 5.15. The number of rotatable bonds is 36. The first-order valence-electron chi connectivity index (χ1n) is 19.6. The number of carbonyl (C=O) groups excluding carboxylic acids is 2. The van der Waals surface area contributed by atoms with Gasteiger partial charge >= 0.3 is 19.8 Å². The zero-order valence-corrected chi connectivity index (χ0v) is 32.7. The number of nitrogens with two attached hydrogens (primary N) is 1. The van der Waals surface area contributed by atoms with Crippen LogP contribution in [0.15, 0.2) is 36.5 Å². The van der Waals surface area contributed by atoms with Crippen LogP contribution in [0.4, 0.5) is 0 Å². The van der Waals surface area contributed by atoms with Crippen LogP contribution >= 0.6 is 7.82 Å². The second kappa shape index (κ2) is 35.2. The molecule has 4 atom stereocenters. The molecule has 0 amide bonds. The largest absolute Gasteiger partial charge is 0.472 e. The number of phosphoric ester groups is 1. The number of allylic oxidation sites excluding steroid dienone is 5. The van der Waals surface area contributed by atoms with Crippen LogP contribution in [-0.2, 0) is 32.7 Å². The Balaban J connectivity index is 4.46. The van der Waals surface area contributed by atoms with E-state index in [9.17, 15) is 29.3 Å². The highest BCUT2D eigenvalue weighted by Gasteiger charge is 2.26. The number of carbonyl (C=O) groups is 2. The summed E-state index contributed by atoms with van der Waals surface area (Å²) in [6.45, 7) is 3.34. The van der Waals surface area contributed by atoms with Gasteiger partial charge in [0.25, 0.3) is 0 Å². The van der Waals surface area contributed by atoms with Gasteiger partial charge in [0.05, 0.1) is 25.4 Å². The smallest absolute Gasteiger partial charge is 0.462 e. The van der Waals surface area contributed by atoms with Crippen molar-refractivity contribution in [1.82, 2.24) is 0 Å². The van der Waals surface area contributed by atoms with Gasteiger partial charge in [0.15, 0.2) is 6.10 Å². The minimum Gasteiger partial charge on any atom is -0.462 e. The molecule has 0 aromatic heterocycles. The van der Waals surface area contributed by atoms with Gasteiger partial charge in [0.1, 0.15) is 6.61 Å². The van der Waals surface area contributed by atoms with Gasteiger partial charge in [-0.05, 0) is 51.4 Å². The van der Waals surface area contributed by atoms with Crippen LogP contribution in [0, 0.1) is 0 Å². The van der Waals surface area contributed by atoms with Crippen LogP contribution in [-0.4, -0.2) is 71.7 Å². The van der Waals surface area contributed by atoms with E-state index in [-0.39, 0.29) is 45.4 Å². The molecule has 0 bridgehead atoms. The highest BCUT2D eigenvalue weighted by Crippen LogP contribution is 2.43. The van der Waals surface area contributed by atoms with Gasteiger partial charge in [0.2, 0.25) is 0 Å². The molecule has 0 saturated carbocycles. The van der Waals surface area contributed by atoms with Gasteiger partial charge in [-0.3, -0.25) is 18.6 Å². The average Bonchev–Trinajstić information content (AvgIpc) is 3.11. The zero-order chi connectivity index (χ0) is 37.8. The molecule has 0 aliphatic rings. The number of ether oxygens (including phenoxy) is 2. The molecule has 51 heavy (non-hydrogen) atoms. The number of phosphoric acid groups is 1. The number of aliphatic hydroxyl groups is 2. The zero-order valence-electron chi connectivity index (χ0n) is 31.8. The first kappa shape index (κ1) is 49.1. The van der Waals surface area contributed by atoms with E-state index in [0.29, 0.717) is 12.8 Å². The van der Waals surface area contributed by atoms with E-state index in [0.717, 1.165) is 38.5 Å². The summed E-state index contributed by atoms with van der Waals surface area (Å²) >= 11 is 0. The molecular weight excluding hydrogens is 673 g/mol. The normalized spacial score (nSPS) is 15.0. The predicted octanol–water partition coefficient (Wildman–Crippen LogP) is 8.55. The van der Waals surface area contributed by atoms with Gasteiger partial charge in [0, 0.05) is 19.4 Å². The van der Waals surface area contributed by atoms with E-state index in [1.54, 1.807) is 0 Å². The van der Waals surface area contributed by atoms with Gasteiger partial charge < -0.3 is 30.3 Å². The second-order valence-corrected chi connectivity index (χ2v) is 14.6. The summed E-state index contributed by atoms with van der Waals surface area (Å²) in [7, 11) is -4.44. The number of aliphatic hydroxyl groups excluding tert-OH is 2. The second-order valence-electron chi connectivity index (χ2n) is 13.1. The molecule has 0 rings (SSSR count). The molecule has 0 aliphatic heterocycles. The van der Waals surface area contributed by atoms with Crippen LogP contribution in [0.2, 0.25) is 0 Å². The van der Waals surface area contributed by atoms with Crippen molar-refractivity contribution in [3.8, 4) is 0 Å². The lowest BCUT2D eigenvalue weighted by Gasteiger charge is -2.20. The molecule has 298 valence electrons. The Morgan fingerprint density at radius 2 is 1.22 bits per heavy atom. The summed E-state index contributed by atoms with van der Waals surface area (Å²) in [6.07, 6.45) is 29.3. The van der Waals surface area contributed by atoms with Crippen molar-refractivity contribution in [1.29, 1.82) is 0 Å². The minimum atomic E-state index is -4.44. The summed E-state index contributed by atoms with van der Waals surface area (Å²) in [5, 5.41) is 20.6. The fourth-order valence-corrected chi connectivity index (χ4v) is 5.91. The highest BCUT2D eigenvalue weighted by molar-refractivity contribution is 7.47. The molecule has 11 nitrogen and oxygen atoms in total. The van der Waals surface area contributed by atoms with E-state index in [4.69, 9.17) is 24.3 Å². The molecule has 0 aromatic rings. The van der Waals surface area contributed by atoms with Gasteiger partial charge in [-0.25, -0.2) is 4.57 Å². The first-order valence-corrected chi connectivity index (χ1v) is 21.1. The number of esters is 2. The van der Waals surface area contributed by atoms with Crippen molar-refractivity contribution in [3.05, 3.63) is 36.5 Å². The van der Waals surface area contributed by atoms with E-state index in [1.165, 1.54) is 64.2 Å². The Kier molecular flexibility index (Phi) is 33.9. The van der Waals surface area contributed by atoms with Crippen molar-refractivity contribution in [2.24, 2.45) is 5.73 Å². The maximum atomic E-state index is 12.5. The van der Waals surface area contributed by atoms with E-state index in [2.05, 4.69) is 38.2 Å². The highest BCUT2D eigenvalue weighted by atomic mass is 31.2. The average molecular weight is 746 g/mol. The van der Waals surface area contributed by atoms with Crippen molar-refractivity contribution in [3.63, 3.8) is 0 Å². The van der Waals surface area contributed by atoms with E-state index < -0.39 is 44.7 Å². The topological polar surface area (TPSA) is 175 Å². The summed E-state index contributed by atoms with van der Waals surface area (Å²) in [5.74, 6) is -1.11. The maximum absolute atomic E-state index is 12.5. The Hall–Kier alpha value is -1.85. The van der Waals surface area contributed by atoms with Crippen molar-refractivity contribution in [2.75, 3.05) is 26.4 Å². The molecule has 0 radical (unpaired) electrons. The van der Waals surface area contributed by atoms with Crippen LogP contribution in [0.1, 0.15) is 155 Å². The van der Waals surface area contributed by atoms with Crippen LogP contribution in [0.3, 0.4) is 0 Å². The van der Waals surface area contributed by atoms with Crippen LogP contribution in [0.25, 0.3) is 0 Å². The SMILES string of the molecule is CCCCC/C=C\C/C=C\C/C=C\CC(O)C(O)CCCC(=O)OC[C@H](COP(=O)(O)OCCN)OC(=O)CCCCCCCCCCCCC.